The van der Waals surface area contributed by atoms with Gasteiger partial charge in [0.05, 0.1) is 28.6 Å². The average Bonchev–Trinajstić information content (AvgIpc) is 3.71. The van der Waals surface area contributed by atoms with E-state index < -0.39 is 17.6 Å². The fourth-order valence-electron chi connectivity index (χ4n) is 7.68. The first-order valence-corrected chi connectivity index (χ1v) is 14.9. The maximum absolute atomic E-state index is 15.2. The zero-order valence-electron chi connectivity index (χ0n) is 24.0. The Bertz CT molecular complexity index is 1880. The van der Waals surface area contributed by atoms with Crippen molar-refractivity contribution in [2.75, 3.05) is 39.8 Å². The lowest BCUT2D eigenvalue weighted by Gasteiger charge is -2.41. The van der Waals surface area contributed by atoms with Crippen molar-refractivity contribution in [1.29, 1.82) is 0 Å². The highest BCUT2D eigenvalue weighted by atomic mass is 19.1. The lowest BCUT2D eigenvalue weighted by atomic mass is 9.78. The molecule has 0 atom stereocenters. The summed E-state index contributed by atoms with van der Waals surface area (Å²) in [6.07, 6.45) is 8.39. The first-order valence-electron chi connectivity index (χ1n) is 14.9. The molecule has 0 radical (unpaired) electrons. The van der Waals surface area contributed by atoms with Crippen LogP contribution in [0.2, 0.25) is 0 Å². The Morgan fingerprint density at radius 2 is 1.77 bits per heavy atom. The molecule has 4 aliphatic heterocycles. The van der Waals surface area contributed by atoms with E-state index in [9.17, 15) is 14.4 Å². The molecular weight excluding hydrogens is 549 g/mol. The molecule has 1 N–H and O–H groups in total. The van der Waals surface area contributed by atoms with E-state index >= 15 is 4.39 Å². The maximum Gasteiger partial charge on any atom is 0.320 e. The van der Waals surface area contributed by atoms with E-state index in [4.69, 9.17) is 0 Å². The Morgan fingerprint density at radius 1 is 0.977 bits per heavy atom. The molecule has 4 amide bonds. The number of hydrogen-bond donors (Lipinski definition) is 1. The summed E-state index contributed by atoms with van der Waals surface area (Å²) >= 11 is 0. The minimum absolute atomic E-state index is 0.0111. The summed E-state index contributed by atoms with van der Waals surface area (Å²) in [4.78, 5) is 50.7. The number of fused-ring (bicyclic) bond motifs is 1. The maximum atomic E-state index is 15.2. The monoisotopic (exact) mass is 581 g/mol. The lowest BCUT2D eigenvalue weighted by Crippen LogP contribution is -2.49. The van der Waals surface area contributed by atoms with E-state index in [1.165, 1.54) is 18.6 Å². The van der Waals surface area contributed by atoms with E-state index in [1.54, 1.807) is 16.8 Å². The predicted octanol–water partition coefficient (Wildman–Crippen LogP) is 3.35. The molecule has 7 heterocycles. The number of rotatable bonds is 2. The summed E-state index contributed by atoms with van der Waals surface area (Å²) in [6, 6.07) is 8.38. The van der Waals surface area contributed by atoms with Crippen LogP contribution in [0, 0.1) is 11.2 Å². The molecule has 4 aromatic rings. The number of urea groups is 1. The summed E-state index contributed by atoms with van der Waals surface area (Å²) in [5.41, 5.74) is 3.80. The molecule has 2 fully saturated rings. The van der Waals surface area contributed by atoms with Crippen molar-refractivity contribution in [3.05, 3.63) is 71.6 Å². The average molecular weight is 582 g/mol. The van der Waals surface area contributed by atoms with Gasteiger partial charge in [0.25, 0.3) is 11.8 Å². The van der Waals surface area contributed by atoms with Gasteiger partial charge in [0, 0.05) is 62.6 Å². The topological polar surface area (TPSA) is 95.2 Å². The molecule has 8 rings (SSSR count). The van der Waals surface area contributed by atoms with Crippen molar-refractivity contribution in [1.82, 2.24) is 34.0 Å². The van der Waals surface area contributed by atoms with Crippen LogP contribution in [0.3, 0.4) is 0 Å². The third kappa shape index (κ3) is 4.09. The van der Waals surface area contributed by atoms with Crippen LogP contribution in [-0.2, 0) is 22.7 Å². The number of carbonyl (C=O) groups excluding carboxylic acids is 3. The van der Waals surface area contributed by atoms with Crippen LogP contribution < -0.4 is 5.32 Å². The van der Waals surface area contributed by atoms with Gasteiger partial charge in [-0.25, -0.2) is 14.2 Å². The third-order valence-electron chi connectivity index (χ3n) is 9.86. The number of nitrogens with zero attached hydrogens (tertiary/aromatic N) is 6. The van der Waals surface area contributed by atoms with Crippen molar-refractivity contribution in [2.24, 2.45) is 5.41 Å². The van der Waals surface area contributed by atoms with Gasteiger partial charge in [-0.05, 0) is 68.1 Å². The van der Waals surface area contributed by atoms with E-state index in [0.29, 0.717) is 46.4 Å². The van der Waals surface area contributed by atoms with Gasteiger partial charge in [0.2, 0.25) is 0 Å². The molecule has 4 aliphatic rings. The molecule has 0 saturated carbocycles. The molecule has 3 aromatic heterocycles. The first kappa shape index (κ1) is 26.1. The quantitative estimate of drug-likeness (QED) is 0.367. The minimum Gasteiger partial charge on any atom is -0.345 e. The zero-order valence-corrected chi connectivity index (χ0v) is 24.0. The fourth-order valence-corrected chi connectivity index (χ4v) is 7.68. The summed E-state index contributed by atoms with van der Waals surface area (Å²) in [5.74, 6) is -1.50. The molecular formula is C32H32FN7O3. The molecule has 1 aromatic carbocycles. The number of hydrogen-bond acceptors (Lipinski definition) is 5. The van der Waals surface area contributed by atoms with Gasteiger partial charge >= 0.3 is 6.03 Å². The van der Waals surface area contributed by atoms with E-state index in [2.05, 4.69) is 22.2 Å². The van der Waals surface area contributed by atoms with Gasteiger partial charge in [-0.3, -0.25) is 19.3 Å². The highest BCUT2D eigenvalue weighted by Gasteiger charge is 2.41. The van der Waals surface area contributed by atoms with Crippen molar-refractivity contribution >= 4 is 45.5 Å². The molecule has 43 heavy (non-hydrogen) atoms. The zero-order chi connectivity index (χ0) is 29.5. The van der Waals surface area contributed by atoms with E-state index in [1.807, 2.05) is 38.8 Å². The molecule has 0 bridgehead atoms. The Hall–Kier alpha value is -4.51. The highest BCUT2D eigenvalue weighted by molar-refractivity contribution is 6.49. The minimum atomic E-state index is -0.527. The van der Waals surface area contributed by atoms with Crippen LogP contribution >= 0.6 is 0 Å². The van der Waals surface area contributed by atoms with E-state index in [-0.39, 0.29) is 23.7 Å². The molecule has 0 aliphatic carbocycles. The van der Waals surface area contributed by atoms with Gasteiger partial charge < -0.3 is 19.3 Å². The second-order valence-electron chi connectivity index (χ2n) is 12.5. The Kier molecular flexibility index (Phi) is 5.78. The van der Waals surface area contributed by atoms with Gasteiger partial charge in [-0.2, -0.15) is 0 Å². The fraction of sp³-hybridized carbons (Fsp3) is 0.375. The van der Waals surface area contributed by atoms with Crippen LogP contribution in [0.5, 0.6) is 0 Å². The number of benzene rings is 1. The van der Waals surface area contributed by atoms with Crippen molar-refractivity contribution in [3.63, 3.8) is 0 Å². The van der Waals surface area contributed by atoms with Gasteiger partial charge in [-0.15, -0.1) is 0 Å². The SMILES string of the molecule is CN1CCC2(CCN(C(=O)N3CCn4cc(C5=C(c6cnc7ccccn67)C(=O)NC5=O)c5cc(F)cc(c54)C3)CC2)C1. The van der Waals surface area contributed by atoms with Gasteiger partial charge in [0.1, 0.15) is 11.5 Å². The number of aromatic nitrogens is 3. The van der Waals surface area contributed by atoms with Crippen molar-refractivity contribution < 1.29 is 18.8 Å². The van der Waals surface area contributed by atoms with E-state index in [0.717, 1.165) is 44.5 Å². The second kappa shape index (κ2) is 9.50. The number of imidazole rings is 1. The number of amides is 4. The molecule has 1 spiro atoms. The lowest BCUT2D eigenvalue weighted by molar-refractivity contribution is -0.122. The van der Waals surface area contributed by atoms with Crippen LogP contribution in [0.25, 0.3) is 27.7 Å². The Morgan fingerprint density at radius 3 is 2.56 bits per heavy atom. The first-order chi connectivity index (χ1) is 20.8. The number of halogens is 1. The van der Waals surface area contributed by atoms with Crippen molar-refractivity contribution in [3.8, 4) is 0 Å². The highest BCUT2D eigenvalue weighted by Crippen LogP contribution is 2.41. The molecule has 220 valence electrons. The number of nitrogens with one attached hydrogen (secondary N) is 1. The molecule has 0 unspecified atom stereocenters. The number of pyridine rings is 1. The number of imide groups is 1. The van der Waals surface area contributed by atoms with Crippen LogP contribution in [0.1, 0.15) is 36.1 Å². The second-order valence-corrected chi connectivity index (χ2v) is 12.5. The Balaban J connectivity index is 1.15. The van der Waals surface area contributed by atoms with Crippen LogP contribution in [0.4, 0.5) is 9.18 Å². The standard InChI is InChI=1S/C32H32FN7O3/c1-36-9-5-32(19-36)6-10-37(11-7-32)31(43)39-13-12-38-18-23(22-15-21(33)14-20(17-39)28(22)38)26-27(30(42)35-29(26)41)24-16-34-25-4-2-3-8-40(24)25/h2-4,8,14-16,18H,5-7,9-13,17,19H2,1H3,(H,35,41,42). The van der Waals surface area contributed by atoms with Gasteiger partial charge in [-0.1, -0.05) is 6.07 Å². The number of likely N-dealkylation sites (tertiary alicyclic amines) is 2. The summed E-state index contributed by atoms with van der Waals surface area (Å²) in [7, 11) is 2.16. The molecule has 11 heteroatoms. The van der Waals surface area contributed by atoms with Crippen LogP contribution in [-0.4, -0.2) is 86.3 Å². The molecule has 2 saturated heterocycles. The smallest absolute Gasteiger partial charge is 0.320 e. The summed E-state index contributed by atoms with van der Waals surface area (Å²) in [6.45, 7) is 4.89. The summed E-state index contributed by atoms with van der Waals surface area (Å²) in [5, 5.41) is 2.98. The van der Waals surface area contributed by atoms with Crippen molar-refractivity contribution in [2.45, 2.75) is 32.4 Å². The number of piperidine rings is 1. The largest absolute Gasteiger partial charge is 0.345 e. The third-order valence-corrected chi connectivity index (χ3v) is 9.86. The molecule has 10 nitrogen and oxygen atoms in total. The number of carbonyl (C=O) groups is 3. The van der Waals surface area contributed by atoms with Gasteiger partial charge in [0.15, 0.2) is 0 Å². The normalized spacial score (nSPS) is 20.6. The predicted molar refractivity (Wildman–Crippen MR) is 158 cm³/mol. The summed E-state index contributed by atoms with van der Waals surface area (Å²) < 4.78 is 19.0. The van der Waals surface area contributed by atoms with Crippen LogP contribution in [0.15, 0.2) is 48.9 Å². The Labute approximate surface area is 247 Å².